The van der Waals surface area contributed by atoms with Crippen molar-refractivity contribution in [1.82, 2.24) is 10.3 Å². The van der Waals surface area contributed by atoms with Crippen LogP contribution in [0, 0.1) is 6.92 Å². The molecule has 0 aliphatic rings. The molecule has 2 aromatic rings. The summed E-state index contributed by atoms with van der Waals surface area (Å²) in [4.78, 5) is 16.2. The molecule has 7 heteroatoms. The maximum absolute atomic E-state index is 11.9. The van der Waals surface area contributed by atoms with Gasteiger partial charge in [-0.2, -0.15) is 0 Å². The van der Waals surface area contributed by atoms with Crippen LogP contribution in [0.15, 0.2) is 23.6 Å². The summed E-state index contributed by atoms with van der Waals surface area (Å²) in [5, 5.41) is 6.18. The average Bonchev–Trinajstić information content (AvgIpc) is 2.98. The normalized spacial score (nSPS) is 10.6. The van der Waals surface area contributed by atoms with Gasteiger partial charge in [0.15, 0.2) is 0 Å². The highest BCUT2D eigenvalue weighted by atomic mass is 35.5. The van der Waals surface area contributed by atoms with Crippen molar-refractivity contribution >= 4 is 28.8 Å². The van der Waals surface area contributed by atoms with Gasteiger partial charge in [0.2, 0.25) is 0 Å². The van der Waals surface area contributed by atoms with Crippen molar-refractivity contribution in [3.05, 3.63) is 44.9 Å². The number of carbonyl (C=O) groups is 1. The first kappa shape index (κ1) is 17.7. The molecule has 0 aliphatic heterocycles. The molecule has 1 heterocycles. The van der Waals surface area contributed by atoms with Gasteiger partial charge in [-0.15, -0.1) is 11.3 Å². The smallest absolute Gasteiger partial charge is 0.270 e. The Kier molecular flexibility index (Phi) is 6.83. The number of hydrogen-bond donors (Lipinski definition) is 2. The maximum atomic E-state index is 11.9. The standard InChI is InChI=1S/C16H20ClN3O2S/c1-11-9-12(17)3-4-14(11)22-8-2-7-19-16(21)13-10-23-15(20-13)5-6-18/h3-4,9-10H,2,5-8,18H2,1H3,(H,19,21). The Hall–Kier alpha value is -1.63. The van der Waals surface area contributed by atoms with Crippen LogP contribution in [0.25, 0.3) is 0 Å². The Bertz CT molecular complexity index is 661. The Morgan fingerprint density at radius 1 is 1.48 bits per heavy atom. The molecule has 1 aromatic carbocycles. The minimum Gasteiger partial charge on any atom is -0.493 e. The Morgan fingerprint density at radius 2 is 2.30 bits per heavy atom. The van der Waals surface area contributed by atoms with Gasteiger partial charge in [-0.05, 0) is 43.7 Å². The van der Waals surface area contributed by atoms with E-state index in [0.29, 0.717) is 43.3 Å². The van der Waals surface area contributed by atoms with Gasteiger partial charge in [0.25, 0.3) is 5.91 Å². The lowest BCUT2D eigenvalue weighted by Crippen LogP contribution is -2.26. The topological polar surface area (TPSA) is 77.2 Å². The van der Waals surface area contributed by atoms with Gasteiger partial charge in [-0.3, -0.25) is 4.79 Å². The van der Waals surface area contributed by atoms with Gasteiger partial charge in [0.1, 0.15) is 11.4 Å². The van der Waals surface area contributed by atoms with Gasteiger partial charge in [-0.25, -0.2) is 4.98 Å². The number of ether oxygens (including phenoxy) is 1. The fraction of sp³-hybridized carbons (Fsp3) is 0.375. The number of carbonyl (C=O) groups excluding carboxylic acids is 1. The van der Waals surface area contributed by atoms with E-state index in [9.17, 15) is 4.79 Å². The third-order valence-electron chi connectivity index (χ3n) is 3.14. The first-order valence-electron chi connectivity index (χ1n) is 7.42. The number of aryl methyl sites for hydroxylation is 1. The summed E-state index contributed by atoms with van der Waals surface area (Å²) in [7, 11) is 0. The van der Waals surface area contributed by atoms with Gasteiger partial charge in [-0.1, -0.05) is 11.6 Å². The van der Waals surface area contributed by atoms with Gasteiger partial charge < -0.3 is 15.8 Å². The Balaban J connectivity index is 1.69. The minimum atomic E-state index is -0.160. The number of halogens is 1. The summed E-state index contributed by atoms with van der Waals surface area (Å²) in [6.07, 6.45) is 1.42. The fourth-order valence-corrected chi connectivity index (χ4v) is 3.00. The molecule has 0 spiro atoms. The van der Waals surface area contributed by atoms with Crippen molar-refractivity contribution < 1.29 is 9.53 Å². The largest absolute Gasteiger partial charge is 0.493 e. The third-order valence-corrected chi connectivity index (χ3v) is 4.29. The number of benzene rings is 1. The molecule has 2 rings (SSSR count). The van der Waals surface area contributed by atoms with E-state index >= 15 is 0 Å². The minimum absolute atomic E-state index is 0.160. The molecule has 23 heavy (non-hydrogen) atoms. The molecule has 1 aromatic heterocycles. The highest BCUT2D eigenvalue weighted by Crippen LogP contribution is 2.21. The molecule has 5 nitrogen and oxygen atoms in total. The van der Waals surface area contributed by atoms with Crippen LogP contribution >= 0.6 is 22.9 Å². The second-order valence-electron chi connectivity index (χ2n) is 5.03. The van der Waals surface area contributed by atoms with E-state index in [2.05, 4.69) is 10.3 Å². The van der Waals surface area contributed by atoms with Crippen LogP contribution in [0.1, 0.15) is 27.5 Å². The van der Waals surface area contributed by atoms with Crippen LogP contribution in [-0.4, -0.2) is 30.6 Å². The van der Waals surface area contributed by atoms with Crippen molar-refractivity contribution in [1.29, 1.82) is 0 Å². The van der Waals surface area contributed by atoms with Gasteiger partial charge >= 0.3 is 0 Å². The van der Waals surface area contributed by atoms with Crippen LogP contribution in [0.3, 0.4) is 0 Å². The zero-order chi connectivity index (χ0) is 16.7. The summed E-state index contributed by atoms with van der Waals surface area (Å²) < 4.78 is 5.68. The Labute approximate surface area is 144 Å². The molecule has 3 N–H and O–H groups in total. The molecule has 0 unspecified atom stereocenters. The molecule has 0 saturated heterocycles. The first-order valence-corrected chi connectivity index (χ1v) is 8.67. The van der Waals surface area contributed by atoms with Crippen molar-refractivity contribution in [3.8, 4) is 5.75 Å². The molecule has 0 aliphatic carbocycles. The summed E-state index contributed by atoms with van der Waals surface area (Å²) in [6, 6.07) is 5.51. The molecule has 0 saturated carbocycles. The van der Waals surface area contributed by atoms with E-state index < -0.39 is 0 Å². The number of nitrogens with one attached hydrogen (secondary N) is 1. The lowest BCUT2D eigenvalue weighted by molar-refractivity contribution is 0.0947. The first-order chi connectivity index (χ1) is 11.1. The lowest BCUT2D eigenvalue weighted by Gasteiger charge is -2.09. The van der Waals surface area contributed by atoms with Gasteiger partial charge in [0.05, 0.1) is 11.6 Å². The second-order valence-corrected chi connectivity index (χ2v) is 6.41. The number of thiazole rings is 1. The molecule has 1 amide bonds. The highest BCUT2D eigenvalue weighted by molar-refractivity contribution is 7.09. The van der Waals surface area contributed by atoms with Crippen molar-refractivity contribution in [2.75, 3.05) is 19.7 Å². The summed E-state index contributed by atoms with van der Waals surface area (Å²) in [6.45, 7) is 3.55. The van der Waals surface area contributed by atoms with Crippen LogP contribution in [0.5, 0.6) is 5.75 Å². The third kappa shape index (κ3) is 5.49. The van der Waals surface area contributed by atoms with E-state index in [4.69, 9.17) is 22.1 Å². The van der Waals surface area contributed by atoms with E-state index in [0.717, 1.165) is 16.3 Å². The van der Waals surface area contributed by atoms with Crippen LogP contribution in [0.2, 0.25) is 5.02 Å². The maximum Gasteiger partial charge on any atom is 0.270 e. The molecular weight excluding hydrogens is 334 g/mol. The molecule has 0 fully saturated rings. The summed E-state index contributed by atoms with van der Waals surface area (Å²) in [5.74, 6) is 0.652. The van der Waals surface area contributed by atoms with Crippen molar-refractivity contribution in [3.63, 3.8) is 0 Å². The van der Waals surface area contributed by atoms with Crippen molar-refractivity contribution in [2.45, 2.75) is 19.8 Å². The number of hydrogen-bond acceptors (Lipinski definition) is 5. The molecular formula is C16H20ClN3O2S. The monoisotopic (exact) mass is 353 g/mol. The van der Waals surface area contributed by atoms with E-state index in [-0.39, 0.29) is 5.91 Å². The quantitative estimate of drug-likeness (QED) is 0.715. The highest BCUT2D eigenvalue weighted by Gasteiger charge is 2.09. The lowest BCUT2D eigenvalue weighted by atomic mass is 10.2. The van der Waals surface area contributed by atoms with Gasteiger partial charge in [0, 0.05) is 23.4 Å². The fourth-order valence-electron chi connectivity index (χ4n) is 1.98. The number of nitrogens with zero attached hydrogens (tertiary/aromatic N) is 1. The second kappa shape index (κ2) is 8.86. The van der Waals surface area contributed by atoms with Crippen LogP contribution in [0.4, 0.5) is 0 Å². The molecule has 0 atom stereocenters. The zero-order valence-electron chi connectivity index (χ0n) is 13.0. The number of rotatable bonds is 8. The van der Waals surface area contributed by atoms with Crippen LogP contribution < -0.4 is 15.8 Å². The number of nitrogens with two attached hydrogens (primary N) is 1. The van der Waals surface area contributed by atoms with E-state index in [1.54, 1.807) is 11.4 Å². The zero-order valence-corrected chi connectivity index (χ0v) is 14.5. The van der Waals surface area contributed by atoms with E-state index in [1.807, 2.05) is 19.1 Å². The average molecular weight is 354 g/mol. The number of aromatic nitrogens is 1. The van der Waals surface area contributed by atoms with Crippen molar-refractivity contribution in [2.24, 2.45) is 5.73 Å². The predicted octanol–water partition coefficient (Wildman–Crippen LogP) is 2.81. The molecule has 124 valence electrons. The van der Waals surface area contributed by atoms with Crippen LogP contribution in [-0.2, 0) is 6.42 Å². The molecule has 0 bridgehead atoms. The van der Waals surface area contributed by atoms with E-state index in [1.165, 1.54) is 11.3 Å². The number of amides is 1. The summed E-state index contributed by atoms with van der Waals surface area (Å²) >= 11 is 7.36. The molecule has 0 radical (unpaired) electrons. The Morgan fingerprint density at radius 3 is 3.04 bits per heavy atom. The predicted molar refractivity (Wildman–Crippen MR) is 93.5 cm³/mol. The SMILES string of the molecule is Cc1cc(Cl)ccc1OCCCNC(=O)c1csc(CCN)n1. The summed E-state index contributed by atoms with van der Waals surface area (Å²) in [5.41, 5.74) is 6.92.